The minimum absolute atomic E-state index is 0.212. The summed E-state index contributed by atoms with van der Waals surface area (Å²) in [6.45, 7) is 17.4. The van der Waals surface area contributed by atoms with Crippen molar-refractivity contribution in [2.75, 3.05) is 31.6 Å². The summed E-state index contributed by atoms with van der Waals surface area (Å²) in [7, 11) is 1.65. The van der Waals surface area contributed by atoms with Crippen LogP contribution in [0.5, 0.6) is 0 Å². The normalized spacial score (nSPS) is 12.5. The molecule has 0 saturated carbocycles. The summed E-state index contributed by atoms with van der Waals surface area (Å²) in [6, 6.07) is 4.00. The van der Waals surface area contributed by atoms with Gasteiger partial charge in [-0.1, -0.05) is 47.6 Å². The number of nitrogens with zero attached hydrogens (tertiary/aromatic N) is 3. The Kier molecular flexibility index (Phi) is 25.5. The lowest BCUT2D eigenvalue weighted by atomic mass is 10.1. The summed E-state index contributed by atoms with van der Waals surface area (Å²) in [5, 5.41) is 17.6. The number of aromatic nitrogens is 1. The largest absolute Gasteiger partial charge is 0.483 e. The van der Waals surface area contributed by atoms with Crippen molar-refractivity contribution in [3.05, 3.63) is 41.9 Å². The van der Waals surface area contributed by atoms with Gasteiger partial charge in [-0.3, -0.25) is 4.79 Å². The zero-order chi connectivity index (χ0) is 26.2. The zero-order valence-electron chi connectivity index (χ0n) is 22.0. The van der Waals surface area contributed by atoms with E-state index in [1.165, 1.54) is 30.0 Å². The highest BCUT2D eigenvalue weighted by Crippen LogP contribution is 2.25. The number of pyridine rings is 1. The molecule has 2 rings (SSSR count). The smallest absolute Gasteiger partial charge is 0.290 e. The predicted molar refractivity (Wildman–Crippen MR) is 142 cm³/mol. The molecule has 0 atom stereocenters. The van der Waals surface area contributed by atoms with E-state index in [-0.39, 0.29) is 13.1 Å². The Labute approximate surface area is 202 Å². The number of piperidine rings is 1. The summed E-state index contributed by atoms with van der Waals surface area (Å²) in [5.74, 6) is 5.70. The molecule has 192 valence electrons. The molecule has 0 aliphatic carbocycles. The van der Waals surface area contributed by atoms with Crippen LogP contribution >= 0.6 is 0 Å². The molecule has 2 heterocycles. The molecule has 1 aliphatic heterocycles. The minimum atomic E-state index is -0.250. The van der Waals surface area contributed by atoms with E-state index in [0.717, 1.165) is 31.6 Å². The topological polar surface area (TPSA) is 129 Å². The van der Waals surface area contributed by atoms with Crippen molar-refractivity contribution in [2.45, 2.75) is 73.6 Å². The molecule has 0 spiro atoms. The standard InChI is InChI=1S/C16H27N5O.C4H8.2C2H6.CH2O2/c1-3-12-14(21-9-5-4-6-10-21)8-7-13(19-12)16(17)15(11-22)20(2)18;1-3-4-2;2*1-2;2-1-3/h7-8,22H,3-6,9-11,17-18H2,1-2H3;3H,1,4H2,2H3;2*1-2H3;1H,(H,2,3)/b16-15-;;;;. The third kappa shape index (κ3) is 14.2. The van der Waals surface area contributed by atoms with E-state index < -0.39 is 0 Å². The average Bonchev–Trinajstić information content (AvgIpc) is 2.87. The molecule has 1 aromatic heterocycles. The predicted octanol–water partition coefficient (Wildman–Crippen LogP) is 4.40. The maximum absolute atomic E-state index is 9.42. The monoisotopic (exact) mass is 467 g/mol. The molecule has 6 N–H and O–H groups in total. The quantitative estimate of drug-likeness (QED) is 0.210. The van der Waals surface area contributed by atoms with Gasteiger partial charge in [-0.15, -0.1) is 6.58 Å². The first-order valence-electron chi connectivity index (χ1n) is 11.9. The first kappa shape index (κ1) is 35.0. The van der Waals surface area contributed by atoms with E-state index >= 15 is 0 Å². The fraction of sp³-hybridized carbons (Fsp3) is 0.600. The number of carboxylic acid groups (broad SMARTS) is 1. The molecule has 0 amide bonds. The third-order valence-electron chi connectivity index (χ3n) is 4.43. The lowest BCUT2D eigenvalue weighted by molar-refractivity contribution is -0.122. The van der Waals surface area contributed by atoms with Crippen molar-refractivity contribution in [3.63, 3.8) is 0 Å². The van der Waals surface area contributed by atoms with Gasteiger partial charge in [0, 0.05) is 20.1 Å². The molecule has 1 aliphatic rings. The Balaban J connectivity index is -0.000000698. The number of likely N-dealkylation sites (N-methyl/N-ethyl adjacent to an activating group) is 1. The number of anilines is 1. The van der Waals surface area contributed by atoms with Crippen LogP contribution in [0.2, 0.25) is 0 Å². The molecular weight excluding hydrogens is 418 g/mol. The number of aryl methyl sites for hydroxylation is 1. The van der Waals surface area contributed by atoms with Crippen molar-refractivity contribution < 1.29 is 15.0 Å². The van der Waals surface area contributed by atoms with E-state index in [2.05, 4.69) is 31.4 Å². The molecule has 0 aromatic carbocycles. The number of allylic oxidation sites excluding steroid dienone is 1. The fourth-order valence-electron chi connectivity index (χ4n) is 2.86. The van der Waals surface area contributed by atoms with Crippen LogP contribution in [0.4, 0.5) is 5.69 Å². The van der Waals surface area contributed by atoms with Gasteiger partial charge in [0.15, 0.2) is 0 Å². The van der Waals surface area contributed by atoms with E-state index in [0.29, 0.717) is 17.1 Å². The van der Waals surface area contributed by atoms with E-state index in [9.17, 15) is 5.11 Å². The van der Waals surface area contributed by atoms with Crippen molar-refractivity contribution in [3.8, 4) is 0 Å². The van der Waals surface area contributed by atoms with E-state index in [1.807, 2.05) is 39.8 Å². The molecule has 33 heavy (non-hydrogen) atoms. The summed E-state index contributed by atoms with van der Waals surface area (Å²) in [6.07, 6.45) is 7.58. The van der Waals surface area contributed by atoms with Crippen molar-refractivity contribution in [1.82, 2.24) is 9.99 Å². The van der Waals surface area contributed by atoms with Crippen molar-refractivity contribution in [2.24, 2.45) is 11.6 Å². The molecule has 8 heteroatoms. The summed E-state index contributed by atoms with van der Waals surface area (Å²) in [5.41, 5.74) is 9.93. The van der Waals surface area contributed by atoms with Gasteiger partial charge < -0.3 is 25.9 Å². The van der Waals surface area contributed by atoms with Gasteiger partial charge in [0.1, 0.15) is 0 Å². The second-order valence-electron chi connectivity index (χ2n) is 6.50. The lowest BCUT2D eigenvalue weighted by Crippen LogP contribution is -2.31. The Morgan fingerprint density at radius 3 is 2.03 bits per heavy atom. The van der Waals surface area contributed by atoms with Crippen LogP contribution in [0, 0.1) is 0 Å². The van der Waals surface area contributed by atoms with Gasteiger partial charge in [0.2, 0.25) is 0 Å². The average molecular weight is 468 g/mol. The second kappa shape index (κ2) is 24.1. The summed E-state index contributed by atoms with van der Waals surface area (Å²) in [4.78, 5) is 15.5. The highest BCUT2D eigenvalue weighted by atomic mass is 16.3. The van der Waals surface area contributed by atoms with Crippen LogP contribution in [-0.4, -0.2) is 53.4 Å². The maximum Gasteiger partial charge on any atom is 0.290 e. The first-order valence-corrected chi connectivity index (χ1v) is 11.9. The number of hydrazine groups is 1. The number of aliphatic hydroxyl groups excluding tert-OH is 1. The molecule has 0 bridgehead atoms. The Hall–Kier alpha value is -2.58. The number of hydrogen-bond donors (Lipinski definition) is 4. The molecule has 1 fully saturated rings. The molecule has 1 aromatic rings. The molecule has 8 nitrogen and oxygen atoms in total. The van der Waals surface area contributed by atoms with E-state index in [1.54, 1.807) is 7.05 Å². The van der Waals surface area contributed by atoms with Gasteiger partial charge >= 0.3 is 0 Å². The van der Waals surface area contributed by atoms with Crippen LogP contribution < -0.4 is 16.5 Å². The van der Waals surface area contributed by atoms with Crippen LogP contribution in [0.3, 0.4) is 0 Å². The molecule has 0 radical (unpaired) electrons. The van der Waals surface area contributed by atoms with Gasteiger partial charge in [0.25, 0.3) is 6.47 Å². The van der Waals surface area contributed by atoms with Crippen molar-refractivity contribution in [1.29, 1.82) is 0 Å². The summed E-state index contributed by atoms with van der Waals surface area (Å²) < 4.78 is 0. The Morgan fingerprint density at radius 1 is 1.18 bits per heavy atom. The van der Waals surface area contributed by atoms with Crippen LogP contribution in [0.15, 0.2) is 30.5 Å². The number of rotatable bonds is 6. The number of nitrogens with two attached hydrogens (primary N) is 2. The maximum atomic E-state index is 9.42. The van der Waals surface area contributed by atoms with E-state index in [4.69, 9.17) is 26.5 Å². The molecule has 1 saturated heterocycles. The zero-order valence-corrected chi connectivity index (χ0v) is 22.0. The summed E-state index contributed by atoms with van der Waals surface area (Å²) >= 11 is 0. The minimum Gasteiger partial charge on any atom is -0.483 e. The van der Waals surface area contributed by atoms with Crippen LogP contribution in [0.25, 0.3) is 5.70 Å². The van der Waals surface area contributed by atoms with Gasteiger partial charge in [-0.2, -0.15) is 0 Å². The number of aliphatic hydroxyl groups is 1. The third-order valence-corrected chi connectivity index (χ3v) is 4.43. The van der Waals surface area contributed by atoms with Gasteiger partial charge in [0.05, 0.1) is 35.1 Å². The Morgan fingerprint density at radius 2 is 1.67 bits per heavy atom. The van der Waals surface area contributed by atoms with Gasteiger partial charge in [-0.05, 0) is 44.2 Å². The SMILES string of the molecule is C=CCC.CC.CC.CCc1nc(/C(N)=C(\CO)N(C)N)ccc1N1CCCCC1.O=CO. The number of hydrogen-bond acceptors (Lipinski definition) is 7. The fourth-order valence-corrected chi connectivity index (χ4v) is 2.86. The lowest BCUT2D eigenvalue weighted by Gasteiger charge is -2.30. The van der Waals surface area contributed by atoms with Crippen molar-refractivity contribution >= 4 is 17.9 Å². The first-order chi connectivity index (χ1) is 15.9. The molecular formula is C25H49N5O3. The Bertz CT molecular complexity index is 643. The van der Waals surface area contributed by atoms with Gasteiger partial charge in [-0.25, -0.2) is 10.8 Å². The highest BCUT2D eigenvalue weighted by Gasteiger charge is 2.17. The number of carbonyl (C=O) groups is 1. The highest BCUT2D eigenvalue weighted by molar-refractivity contribution is 5.65. The van der Waals surface area contributed by atoms with Crippen LogP contribution in [-0.2, 0) is 11.2 Å². The molecule has 0 unspecified atom stereocenters. The second-order valence-corrected chi connectivity index (χ2v) is 6.50. The van der Waals surface area contributed by atoms with Crippen LogP contribution in [0.1, 0.15) is 78.6 Å².